The monoisotopic (exact) mass is 378 g/mol. The Labute approximate surface area is 153 Å². The summed E-state index contributed by atoms with van der Waals surface area (Å²) >= 11 is 0. The van der Waals surface area contributed by atoms with Crippen molar-refractivity contribution in [1.82, 2.24) is 15.3 Å². The second-order valence-electron chi connectivity index (χ2n) is 6.36. The number of hydrogen-bond acceptors (Lipinski definition) is 4. The first kappa shape index (κ1) is 18.8. The standard InChI is InChI=1S/C18H17F3N4O2/c1-10-7-14(24-17(23-10)25-15(26)12-5-6-12)16(27)22-9-11-3-2-4-13(8-11)18(19,20)21/h2-4,7-8,12H,5-6,9H2,1H3,(H,22,27)(H,23,24,25,26). The van der Waals surface area contributed by atoms with E-state index in [1.165, 1.54) is 18.2 Å². The molecule has 0 spiro atoms. The Kier molecular flexibility index (Phi) is 5.11. The Hall–Kier alpha value is -2.97. The van der Waals surface area contributed by atoms with Crippen LogP contribution in [0.3, 0.4) is 0 Å². The van der Waals surface area contributed by atoms with Crippen LogP contribution in [0.25, 0.3) is 0 Å². The van der Waals surface area contributed by atoms with Gasteiger partial charge in [0.05, 0.1) is 5.56 Å². The van der Waals surface area contributed by atoms with Gasteiger partial charge in [0.1, 0.15) is 5.69 Å². The highest BCUT2D eigenvalue weighted by Gasteiger charge is 2.31. The molecule has 0 aliphatic heterocycles. The molecule has 2 aromatic rings. The second kappa shape index (κ2) is 7.34. The summed E-state index contributed by atoms with van der Waals surface area (Å²) in [5.74, 6) is -0.751. The highest BCUT2D eigenvalue weighted by atomic mass is 19.4. The maximum Gasteiger partial charge on any atom is 0.416 e. The van der Waals surface area contributed by atoms with E-state index in [1.807, 2.05) is 0 Å². The van der Waals surface area contributed by atoms with Crippen molar-refractivity contribution in [2.24, 2.45) is 5.92 Å². The van der Waals surface area contributed by atoms with Crippen molar-refractivity contribution >= 4 is 17.8 Å². The molecule has 3 rings (SSSR count). The van der Waals surface area contributed by atoms with Crippen LogP contribution >= 0.6 is 0 Å². The van der Waals surface area contributed by atoms with E-state index in [1.54, 1.807) is 6.92 Å². The summed E-state index contributed by atoms with van der Waals surface area (Å²) in [6.07, 6.45) is -2.80. The third kappa shape index (κ3) is 5.02. The smallest absolute Gasteiger partial charge is 0.347 e. The number of alkyl halides is 3. The largest absolute Gasteiger partial charge is 0.416 e. The summed E-state index contributed by atoms with van der Waals surface area (Å²) in [5.41, 5.74) is 0.0457. The third-order valence-electron chi connectivity index (χ3n) is 3.98. The van der Waals surface area contributed by atoms with Gasteiger partial charge in [-0.2, -0.15) is 13.2 Å². The van der Waals surface area contributed by atoms with E-state index in [9.17, 15) is 22.8 Å². The Morgan fingerprint density at radius 2 is 1.93 bits per heavy atom. The molecule has 0 atom stereocenters. The highest BCUT2D eigenvalue weighted by molar-refractivity contribution is 5.95. The van der Waals surface area contributed by atoms with Gasteiger partial charge in [0.15, 0.2) is 0 Å². The van der Waals surface area contributed by atoms with Gasteiger partial charge in [0.2, 0.25) is 11.9 Å². The predicted octanol–water partition coefficient (Wildman–Crippen LogP) is 3.08. The Balaban J connectivity index is 1.67. The van der Waals surface area contributed by atoms with Crippen molar-refractivity contribution in [2.75, 3.05) is 5.32 Å². The normalized spacial score (nSPS) is 13.9. The predicted molar refractivity (Wildman–Crippen MR) is 90.7 cm³/mol. The number of nitrogens with zero attached hydrogens (tertiary/aromatic N) is 2. The minimum atomic E-state index is -4.45. The summed E-state index contributed by atoms with van der Waals surface area (Å²) in [6, 6.07) is 6.15. The summed E-state index contributed by atoms with van der Waals surface area (Å²) in [6.45, 7) is 1.56. The topological polar surface area (TPSA) is 84.0 Å². The van der Waals surface area contributed by atoms with Gasteiger partial charge in [0.25, 0.3) is 5.91 Å². The molecule has 27 heavy (non-hydrogen) atoms. The molecule has 142 valence electrons. The molecule has 1 aromatic carbocycles. The number of halogens is 3. The van der Waals surface area contributed by atoms with E-state index in [0.29, 0.717) is 11.3 Å². The number of benzene rings is 1. The molecule has 0 saturated heterocycles. The maximum absolute atomic E-state index is 12.7. The summed E-state index contributed by atoms with van der Waals surface area (Å²) in [7, 11) is 0. The van der Waals surface area contributed by atoms with Gasteiger partial charge in [-0.1, -0.05) is 12.1 Å². The fraction of sp³-hybridized carbons (Fsp3) is 0.333. The van der Waals surface area contributed by atoms with E-state index in [0.717, 1.165) is 25.0 Å². The molecule has 0 unspecified atom stereocenters. The lowest BCUT2D eigenvalue weighted by Crippen LogP contribution is -2.25. The van der Waals surface area contributed by atoms with Crippen LogP contribution in [0.15, 0.2) is 30.3 Å². The molecule has 2 amide bonds. The van der Waals surface area contributed by atoms with E-state index >= 15 is 0 Å². The van der Waals surface area contributed by atoms with Crippen molar-refractivity contribution in [1.29, 1.82) is 0 Å². The first-order valence-electron chi connectivity index (χ1n) is 8.33. The number of aromatic nitrogens is 2. The van der Waals surface area contributed by atoms with Gasteiger partial charge in [-0.05, 0) is 43.5 Å². The summed E-state index contributed by atoms with van der Waals surface area (Å²) in [5, 5.41) is 5.10. The molecule has 0 radical (unpaired) electrons. The molecular weight excluding hydrogens is 361 g/mol. The minimum absolute atomic E-state index is 0.0283. The number of nitrogens with one attached hydrogen (secondary N) is 2. The average Bonchev–Trinajstić information content (AvgIpc) is 3.44. The number of aryl methyl sites for hydroxylation is 1. The van der Waals surface area contributed by atoms with E-state index in [4.69, 9.17) is 0 Å². The SMILES string of the molecule is Cc1cc(C(=O)NCc2cccc(C(F)(F)F)c2)nc(NC(=O)C2CC2)n1. The van der Waals surface area contributed by atoms with E-state index < -0.39 is 17.6 Å². The first-order valence-corrected chi connectivity index (χ1v) is 8.33. The third-order valence-corrected chi connectivity index (χ3v) is 3.98. The van der Waals surface area contributed by atoms with Crippen molar-refractivity contribution < 1.29 is 22.8 Å². The molecule has 6 nitrogen and oxygen atoms in total. The number of carbonyl (C=O) groups excluding carboxylic acids is 2. The lowest BCUT2D eigenvalue weighted by molar-refractivity contribution is -0.137. The maximum atomic E-state index is 12.7. The molecule has 1 aliphatic carbocycles. The van der Waals surface area contributed by atoms with Crippen LogP contribution in [0.2, 0.25) is 0 Å². The zero-order valence-electron chi connectivity index (χ0n) is 14.4. The quantitative estimate of drug-likeness (QED) is 0.838. The fourth-order valence-corrected chi connectivity index (χ4v) is 2.43. The number of anilines is 1. The van der Waals surface area contributed by atoms with E-state index in [-0.39, 0.29) is 30.0 Å². The number of hydrogen-bond donors (Lipinski definition) is 2. The van der Waals surface area contributed by atoms with Crippen LogP contribution < -0.4 is 10.6 Å². The van der Waals surface area contributed by atoms with Crippen molar-refractivity contribution in [2.45, 2.75) is 32.5 Å². The van der Waals surface area contributed by atoms with Gasteiger partial charge >= 0.3 is 6.18 Å². The van der Waals surface area contributed by atoms with Crippen LogP contribution in [-0.4, -0.2) is 21.8 Å². The van der Waals surface area contributed by atoms with Gasteiger partial charge in [0, 0.05) is 18.2 Å². The van der Waals surface area contributed by atoms with Gasteiger partial charge < -0.3 is 5.32 Å². The van der Waals surface area contributed by atoms with Crippen molar-refractivity contribution in [3.05, 3.63) is 52.8 Å². The number of amides is 2. The molecule has 9 heteroatoms. The Morgan fingerprint density at radius 3 is 2.59 bits per heavy atom. The second-order valence-corrected chi connectivity index (χ2v) is 6.36. The number of carbonyl (C=O) groups is 2. The molecular formula is C18H17F3N4O2. The Bertz CT molecular complexity index is 879. The van der Waals surface area contributed by atoms with Crippen LogP contribution in [0, 0.1) is 12.8 Å². The number of rotatable bonds is 5. The van der Waals surface area contributed by atoms with Gasteiger partial charge in [-0.25, -0.2) is 9.97 Å². The van der Waals surface area contributed by atoms with Crippen LogP contribution in [-0.2, 0) is 17.5 Å². The van der Waals surface area contributed by atoms with Gasteiger partial charge in [-0.15, -0.1) is 0 Å². The van der Waals surface area contributed by atoms with Crippen LogP contribution in [0.4, 0.5) is 19.1 Å². The molecule has 1 fully saturated rings. The molecule has 2 N–H and O–H groups in total. The zero-order valence-corrected chi connectivity index (χ0v) is 14.4. The summed E-state index contributed by atoms with van der Waals surface area (Å²) in [4.78, 5) is 32.2. The minimum Gasteiger partial charge on any atom is -0.347 e. The van der Waals surface area contributed by atoms with Crippen molar-refractivity contribution in [3.8, 4) is 0 Å². The van der Waals surface area contributed by atoms with E-state index in [2.05, 4.69) is 20.6 Å². The van der Waals surface area contributed by atoms with Crippen LogP contribution in [0.5, 0.6) is 0 Å². The summed E-state index contributed by atoms with van der Waals surface area (Å²) < 4.78 is 38.2. The molecule has 1 aromatic heterocycles. The fourth-order valence-electron chi connectivity index (χ4n) is 2.43. The first-order chi connectivity index (χ1) is 12.7. The molecule has 1 heterocycles. The van der Waals surface area contributed by atoms with Crippen molar-refractivity contribution in [3.63, 3.8) is 0 Å². The Morgan fingerprint density at radius 1 is 1.19 bits per heavy atom. The molecule has 1 aliphatic rings. The lowest BCUT2D eigenvalue weighted by Gasteiger charge is -2.10. The highest BCUT2D eigenvalue weighted by Crippen LogP contribution is 2.30. The van der Waals surface area contributed by atoms with Crippen LogP contribution in [0.1, 0.15) is 40.2 Å². The molecule has 0 bridgehead atoms. The van der Waals surface area contributed by atoms with Gasteiger partial charge in [-0.3, -0.25) is 14.9 Å². The lowest BCUT2D eigenvalue weighted by atomic mass is 10.1. The molecule has 1 saturated carbocycles. The average molecular weight is 378 g/mol. The zero-order chi connectivity index (χ0) is 19.6.